The normalized spacial score (nSPS) is 9.60. The Bertz CT molecular complexity index is 379. The average Bonchev–Trinajstić information content (AvgIpc) is 2.17. The third-order valence-corrected chi connectivity index (χ3v) is 1.70. The smallest absolute Gasteiger partial charge is 0.356 e. The molecule has 0 aliphatic rings. The zero-order chi connectivity index (χ0) is 11.3. The van der Waals surface area contributed by atoms with Gasteiger partial charge >= 0.3 is 5.97 Å². The number of aromatic nitrogens is 1. The van der Waals surface area contributed by atoms with Gasteiger partial charge in [-0.15, -0.1) is 0 Å². The zero-order valence-electron chi connectivity index (χ0n) is 7.93. The number of nitrogens with two attached hydrogens (primary N) is 1. The largest absolute Gasteiger partial charge is 0.476 e. The van der Waals surface area contributed by atoms with Gasteiger partial charge in [0.05, 0.1) is 5.69 Å². The first-order chi connectivity index (χ1) is 7.11. The van der Waals surface area contributed by atoms with Crippen molar-refractivity contribution in [1.29, 1.82) is 0 Å². The lowest BCUT2D eigenvalue weighted by Crippen LogP contribution is -2.17. The van der Waals surface area contributed by atoms with Crippen LogP contribution < -0.4 is 11.1 Å². The molecule has 0 saturated carbocycles. The predicted molar refractivity (Wildman–Crippen MR) is 53.5 cm³/mol. The fourth-order valence-electron chi connectivity index (χ4n) is 1.04. The summed E-state index contributed by atoms with van der Waals surface area (Å²) < 4.78 is 0. The van der Waals surface area contributed by atoms with Crippen LogP contribution in [0.4, 0.5) is 5.69 Å². The highest BCUT2D eigenvalue weighted by Crippen LogP contribution is 2.11. The molecule has 0 aliphatic carbocycles. The SMILES string of the molecule is NC(=O)CCNc1cccnc1C(=O)O. The van der Waals surface area contributed by atoms with Gasteiger partial charge in [-0.05, 0) is 12.1 Å². The Labute approximate surface area is 86.1 Å². The molecule has 6 nitrogen and oxygen atoms in total. The van der Waals surface area contributed by atoms with Crippen molar-refractivity contribution in [3.05, 3.63) is 24.0 Å². The van der Waals surface area contributed by atoms with Crippen molar-refractivity contribution in [2.45, 2.75) is 6.42 Å². The quantitative estimate of drug-likeness (QED) is 0.636. The number of primary amides is 1. The van der Waals surface area contributed by atoms with Gasteiger partial charge in [0.2, 0.25) is 5.91 Å². The van der Waals surface area contributed by atoms with Gasteiger partial charge in [0.25, 0.3) is 0 Å². The van der Waals surface area contributed by atoms with E-state index in [1.54, 1.807) is 12.1 Å². The molecule has 1 heterocycles. The maximum absolute atomic E-state index is 10.7. The first-order valence-corrected chi connectivity index (χ1v) is 4.31. The third kappa shape index (κ3) is 3.26. The maximum Gasteiger partial charge on any atom is 0.356 e. The number of hydrogen-bond acceptors (Lipinski definition) is 4. The van der Waals surface area contributed by atoms with E-state index in [-0.39, 0.29) is 12.1 Å². The van der Waals surface area contributed by atoms with Gasteiger partial charge in [0, 0.05) is 19.2 Å². The van der Waals surface area contributed by atoms with E-state index in [1.165, 1.54) is 6.20 Å². The highest BCUT2D eigenvalue weighted by molar-refractivity contribution is 5.91. The number of carboxylic acid groups (broad SMARTS) is 1. The van der Waals surface area contributed by atoms with E-state index in [9.17, 15) is 9.59 Å². The minimum atomic E-state index is -1.11. The van der Waals surface area contributed by atoms with Gasteiger partial charge in [-0.3, -0.25) is 4.79 Å². The molecule has 0 radical (unpaired) electrons. The minimum Gasteiger partial charge on any atom is -0.476 e. The summed E-state index contributed by atoms with van der Waals surface area (Å²) in [6, 6.07) is 3.19. The monoisotopic (exact) mass is 209 g/mol. The Morgan fingerprint density at radius 2 is 2.27 bits per heavy atom. The number of carboxylic acids is 1. The van der Waals surface area contributed by atoms with Crippen molar-refractivity contribution in [1.82, 2.24) is 4.98 Å². The Hall–Kier alpha value is -2.11. The molecular formula is C9H11N3O3. The molecule has 80 valence electrons. The van der Waals surface area contributed by atoms with E-state index < -0.39 is 11.9 Å². The molecule has 0 spiro atoms. The molecule has 1 aromatic heterocycles. The Morgan fingerprint density at radius 1 is 1.53 bits per heavy atom. The van der Waals surface area contributed by atoms with Crippen LogP contribution in [0.1, 0.15) is 16.9 Å². The minimum absolute atomic E-state index is 0.0676. The van der Waals surface area contributed by atoms with Gasteiger partial charge in [0.15, 0.2) is 5.69 Å². The topological polar surface area (TPSA) is 105 Å². The molecule has 4 N–H and O–H groups in total. The molecule has 0 atom stereocenters. The first-order valence-electron chi connectivity index (χ1n) is 4.31. The molecule has 1 aromatic rings. The summed E-state index contributed by atoms with van der Waals surface area (Å²) in [5.74, 6) is -1.56. The molecular weight excluding hydrogens is 198 g/mol. The van der Waals surface area contributed by atoms with E-state index in [2.05, 4.69) is 10.3 Å². The molecule has 0 bridgehead atoms. The molecule has 15 heavy (non-hydrogen) atoms. The number of amides is 1. The Morgan fingerprint density at radius 3 is 2.87 bits per heavy atom. The summed E-state index contributed by atoms with van der Waals surface area (Å²) in [6.07, 6.45) is 1.54. The fourth-order valence-corrected chi connectivity index (χ4v) is 1.04. The van der Waals surface area contributed by atoms with Crippen molar-refractivity contribution < 1.29 is 14.7 Å². The van der Waals surface area contributed by atoms with Crippen LogP contribution in [-0.2, 0) is 4.79 Å². The number of rotatable bonds is 5. The summed E-state index contributed by atoms with van der Waals surface area (Å²) in [7, 11) is 0. The number of nitrogens with one attached hydrogen (secondary N) is 1. The van der Waals surface area contributed by atoms with Crippen LogP contribution in [0.3, 0.4) is 0 Å². The molecule has 0 fully saturated rings. The second-order valence-electron chi connectivity index (χ2n) is 2.85. The van der Waals surface area contributed by atoms with Gasteiger partial charge in [-0.2, -0.15) is 0 Å². The maximum atomic E-state index is 10.7. The lowest BCUT2D eigenvalue weighted by molar-refractivity contribution is -0.117. The lowest BCUT2D eigenvalue weighted by Gasteiger charge is -2.06. The Balaban J connectivity index is 2.67. The van der Waals surface area contributed by atoms with Crippen molar-refractivity contribution in [3.8, 4) is 0 Å². The molecule has 0 aromatic carbocycles. The van der Waals surface area contributed by atoms with Crippen LogP contribution in [-0.4, -0.2) is 28.5 Å². The first kappa shape index (κ1) is 11.0. The number of carbonyl (C=O) groups excluding carboxylic acids is 1. The number of aromatic carboxylic acids is 1. The van der Waals surface area contributed by atoms with Crippen molar-refractivity contribution >= 4 is 17.6 Å². The number of pyridine rings is 1. The van der Waals surface area contributed by atoms with Crippen molar-refractivity contribution in [3.63, 3.8) is 0 Å². The second-order valence-corrected chi connectivity index (χ2v) is 2.85. The van der Waals surface area contributed by atoms with Crippen LogP contribution in [0.5, 0.6) is 0 Å². The van der Waals surface area contributed by atoms with Crippen LogP contribution in [0, 0.1) is 0 Å². The number of carbonyl (C=O) groups is 2. The summed E-state index contributed by atoms with van der Waals surface area (Å²) in [5.41, 5.74) is 5.26. The van der Waals surface area contributed by atoms with Crippen molar-refractivity contribution in [2.75, 3.05) is 11.9 Å². The molecule has 0 saturated heterocycles. The summed E-state index contributed by atoms with van der Waals surface area (Å²) >= 11 is 0. The lowest BCUT2D eigenvalue weighted by atomic mass is 10.3. The van der Waals surface area contributed by atoms with Crippen molar-refractivity contribution in [2.24, 2.45) is 5.73 Å². The zero-order valence-corrected chi connectivity index (χ0v) is 7.93. The molecule has 1 rings (SSSR count). The highest BCUT2D eigenvalue weighted by Gasteiger charge is 2.10. The number of anilines is 1. The molecule has 0 aliphatic heterocycles. The summed E-state index contributed by atoms with van der Waals surface area (Å²) in [4.78, 5) is 24.9. The summed E-state index contributed by atoms with van der Waals surface area (Å²) in [5, 5.41) is 11.6. The van der Waals surface area contributed by atoms with E-state index >= 15 is 0 Å². The fraction of sp³-hybridized carbons (Fsp3) is 0.222. The van der Waals surface area contributed by atoms with Crippen LogP contribution in [0.15, 0.2) is 18.3 Å². The second kappa shape index (κ2) is 4.94. The van der Waals surface area contributed by atoms with Crippen LogP contribution in [0.25, 0.3) is 0 Å². The summed E-state index contributed by atoms with van der Waals surface area (Å²) in [6.45, 7) is 0.293. The van der Waals surface area contributed by atoms with E-state index in [0.29, 0.717) is 12.2 Å². The Kier molecular flexibility index (Phi) is 3.61. The average molecular weight is 209 g/mol. The number of nitrogens with zero attached hydrogens (tertiary/aromatic N) is 1. The van der Waals surface area contributed by atoms with E-state index in [1.807, 2.05) is 0 Å². The molecule has 1 amide bonds. The van der Waals surface area contributed by atoms with Gasteiger partial charge in [-0.25, -0.2) is 9.78 Å². The van der Waals surface area contributed by atoms with Gasteiger partial charge in [0.1, 0.15) is 0 Å². The number of hydrogen-bond donors (Lipinski definition) is 3. The van der Waals surface area contributed by atoms with Crippen LogP contribution in [0.2, 0.25) is 0 Å². The highest BCUT2D eigenvalue weighted by atomic mass is 16.4. The molecule has 6 heteroatoms. The van der Waals surface area contributed by atoms with E-state index in [4.69, 9.17) is 10.8 Å². The van der Waals surface area contributed by atoms with Gasteiger partial charge in [-0.1, -0.05) is 0 Å². The standard InChI is InChI=1S/C9H11N3O3/c10-7(13)3-5-11-6-2-1-4-12-8(6)9(14)15/h1-2,4,11H,3,5H2,(H2,10,13)(H,14,15). The molecule has 0 unspecified atom stereocenters. The third-order valence-electron chi connectivity index (χ3n) is 1.70. The predicted octanol–water partition coefficient (Wildman–Crippen LogP) is 0.0671. The van der Waals surface area contributed by atoms with Crippen LogP contribution >= 0.6 is 0 Å². The van der Waals surface area contributed by atoms with E-state index in [0.717, 1.165) is 0 Å². The van der Waals surface area contributed by atoms with Gasteiger partial charge < -0.3 is 16.2 Å².